The van der Waals surface area contributed by atoms with Crippen LogP contribution in [0.2, 0.25) is 0 Å². The van der Waals surface area contributed by atoms with Gasteiger partial charge in [0.2, 0.25) is 17.7 Å². The zero-order chi connectivity index (χ0) is 23.2. The van der Waals surface area contributed by atoms with Crippen molar-refractivity contribution < 1.29 is 18.7 Å². The number of carbonyl (C=O) groups excluding carboxylic acids is 2. The van der Waals surface area contributed by atoms with E-state index in [1.807, 2.05) is 29.2 Å². The molecule has 1 atom stereocenters. The normalized spacial score (nSPS) is 19.3. The fourth-order valence-electron chi connectivity index (χ4n) is 4.99. The number of benzene rings is 1. The van der Waals surface area contributed by atoms with Crippen LogP contribution in [0.3, 0.4) is 0 Å². The monoisotopic (exact) mass is 458 g/mol. The van der Waals surface area contributed by atoms with Crippen molar-refractivity contribution >= 4 is 23.2 Å². The van der Waals surface area contributed by atoms with Crippen LogP contribution in [0.5, 0.6) is 5.88 Å². The summed E-state index contributed by atoms with van der Waals surface area (Å²) in [5.74, 6) is 0.169. The maximum absolute atomic E-state index is 14.7. The van der Waals surface area contributed by atoms with E-state index in [-0.39, 0.29) is 17.9 Å². The summed E-state index contributed by atoms with van der Waals surface area (Å²) in [4.78, 5) is 36.6. The van der Waals surface area contributed by atoms with Gasteiger partial charge in [-0.25, -0.2) is 9.37 Å². The molecule has 3 aromatic rings. The second-order valence-electron chi connectivity index (χ2n) is 8.97. The van der Waals surface area contributed by atoms with Gasteiger partial charge in [0.05, 0.1) is 11.7 Å². The van der Waals surface area contributed by atoms with Crippen LogP contribution in [0.15, 0.2) is 48.8 Å². The van der Waals surface area contributed by atoms with Gasteiger partial charge in [-0.15, -0.1) is 0 Å². The first-order chi connectivity index (χ1) is 16.6. The zero-order valence-corrected chi connectivity index (χ0v) is 18.5. The number of nitrogens with zero attached hydrogens (tertiary/aromatic N) is 4. The quantitative estimate of drug-likeness (QED) is 0.593. The maximum Gasteiger partial charge on any atom is 0.238 e. The van der Waals surface area contributed by atoms with E-state index in [4.69, 9.17) is 4.74 Å². The molecule has 5 heterocycles. The molecule has 0 N–H and O–H groups in total. The van der Waals surface area contributed by atoms with Crippen LogP contribution in [0.25, 0.3) is 11.1 Å². The molecule has 6 rings (SSSR count). The number of amides is 2. The maximum atomic E-state index is 14.7. The lowest BCUT2D eigenvalue weighted by molar-refractivity contribution is -0.118. The third kappa shape index (κ3) is 3.59. The molecule has 2 fully saturated rings. The predicted octanol–water partition coefficient (Wildman–Crippen LogP) is 3.89. The van der Waals surface area contributed by atoms with Crippen LogP contribution < -0.4 is 14.5 Å². The van der Waals surface area contributed by atoms with Crippen molar-refractivity contribution in [3.05, 3.63) is 65.9 Å². The Morgan fingerprint density at radius 2 is 1.85 bits per heavy atom. The molecule has 8 heteroatoms. The highest BCUT2D eigenvalue weighted by molar-refractivity contribution is 5.98. The predicted molar refractivity (Wildman–Crippen MR) is 124 cm³/mol. The van der Waals surface area contributed by atoms with Crippen LogP contribution in [-0.4, -0.2) is 41.0 Å². The summed E-state index contributed by atoms with van der Waals surface area (Å²) >= 11 is 0. The number of aromatic nitrogens is 2. The minimum absolute atomic E-state index is 0.0366. The molecule has 0 spiro atoms. The zero-order valence-electron chi connectivity index (χ0n) is 18.5. The third-order valence-electron chi connectivity index (χ3n) is 6.74. The Hall–Kier alpha value is -3.81. The van der Waals surface area contributed by atoms with Gasteiger partial charge in [-0.3, -0.25) is 14.6 Å². The summed E-state index contributed by atoms with van der Waals surface area (Å²) in [7, 11) is 0. The van der Waals surface area contributed by atoms with E-state index in [2.05, 4.69) is 9.97 Å². The highest BCUT2D eigenvalue weighted by Gasteiger charge is 2.38. The van der Waals surface area contributed by atoms with E-state index >= 15 is 0 Å². The van der Waals surface area contributed by atoms with E-state index in [1.165, 1.54) is 11.0 Å². The topological polar surface area (TPSA) is 75.6 Å². The molecule has 3 aliphatic heterocycles. The molecular formula is C26H23FN4O3. The van der Waals surface area contributed by atoms with Gasteiger partial charge in [0, 0.05) is 49.5 Å². The highest BCUT2D eigenvalue weighted by atomic mass is 19.1. The summed E-state index contributed by atoms with van der Waals surface area (Å²) < 4.78 is 20.5. The summed E-state index contributed by atoms with van der Waals surface area (Å²) in [5, 5.41) is 0. The van der Waals surface area contributed by atoms with Crippen molar-refractivity contribution in [3.8, 4) is 17.0 Å². The van der Waals surface area contributed by atoms with Crippen LogP contribution in [0.1, 0.15) is 36.9 Å². The van der Waals surface area contributed by atoms with Crippen LogP contribution >= 0.6 is 0 Å². The Kier molecular flexibility index (Phi) is 5.01. The number of ether oxygens (including phenoxy) is 1. The Bertz CT molecular complexity index is 1290. The average molecular weight is 458 g/mol. The molecule has 2 saturated heterocycles. The number of carbonyl (C=O) groups is 2. The number of rotatable bonds is 4. The van der Waals surface area contributed by atoms with Gasteiger partial charge < -0.3 is 14.5 Å². The molecule has 7 nitrogen and oxygen atoms in total. The molecule has 3 aliphatic rings. The fourth-order valence-corrected chi connectivity index (χ4v) is 4.99. The van der Waals surface area contributed by atoms with Gasteiger partial charge in [-0.2, -0.15) is 0 Å². The van der Waals surface area contributed by atoms with E-state index < -0.39 is 5.82 Å². The van der Waals surface area contributed by atoms with Crippen LogP contribution in [-0.2, 0) is 16.0 Å². The minimum Gasteiger partial charge on any atom is -0.474 e. The molecule has 0 saturated carbocycles. The molecule has 1 aromatic carbocycles. The average Bonchev–Trinajstić information content (AvgIpc) is 3.45. The van der Waals surface area contributed by atoms with E-state index in [0.717, 1.165) is 35.3 Å². The number of halogens is 1. The summed E-state index contributed by atoms with van der Waals surface area (Å²) in [6.45, 7) is 1.05. The molecular weight excluding hydrogens is 435 g/mol. The third-order valence-corrected chi connectivity index (χ3v) is 6.74. The lowest BCUT2D eigenvalue weighted by atomic mass is 10.0. The Labute approximate surface area is 196 Å². The summed E-state index contributed by atoms with van der Waals surface area (Å²) in [6.07, 6.45) is 6.60. The van der Waals surface area contributed by atoms with Gasteiger partial charge >= 0.3 is 0 Å². The Balaban J connectivity index is 1.20. The van der Waals surface area contributed by atoms with Crippen molar-refractivity contribution in [2.45, 2.75) is 38.1 Å². The first kappa shape index (κ1) is 20.8. The van der Waals surface area contributed by atoms with Gasteiger partial charge in [0.15, 0.2) is 0 Å². The van der Waals surface area contributed by atoms with E-state index in [9.17, 15) is 14.0 Å². The summed E-state index contributed by atoms with van der Waals surface area (Å²) in [6, 6.07) is 10.8. The number of anilines is 2. The van der Waals surface area contributed by atoms with Crippen molar-refractivity contribution in [2.24, 2.45) is 0 Å². The molecule has 34 heavy (non-hydrogen) atoms. The standard InChI is InChI=1S/C26H23FN4O3/c27-21-12-17(4-7-22(21)30-9-1-2-24(30)32)18-3-5-19(28-14-18)10-16-11-23-26(29-13-16)34-15-20-6-8-25(33)31(20)23/h3-5,7,11-14,20H,1-2,6,8-10,15H2/t20-/m0/s1. The Morgan fingerprint density at radius 3 is 2.62 bits per heavy atom. The van der Waals surface area contributed by atoms with E-state index in [1.54, 1.807) is 18.5 Å². The molecule has 0 unspecified atom stereocenters. The molecule has 0 bridgehead atoms. The first-order valence-corrected chi connectivity index (χ1v) is 11.6. The van der Waals surface area contributed by atoms with Gasteiger partial charge in [0.1, 0.15) is 18.1 Å². The van der Waals surface area contributed by atoms with Gasteiger partial charge in [-0.1, -0.05) is 12.1 Å². The fraction of sp³-hybridized carbons (Fsp3) is 0.308. The van der Waals surface area contributed by atoms with Gasteiger partial charge in [0.25, 0.3) is 0 Å². The molecule has 172 valence electrons. The largest absolute Gasteiger partial charge is 0.474 e. The molecule has 2 aromatic heterocycles. The molecule has 0 radical (unpaired) electrons. The number of fused-ring (bicyclic) bond motifs is 3. The molecule has 0 aliphatic carbocycles. The van der Waals surface area contributed by atoms with Crippen LogP contribution in [0.4, 0.5) is 15.8 Å². The molecule has 2 amide bonds. The number of hydrogen-bond acceptors (Lipinski definition) is 5. The number of hydrogen-bond donors (Lipinski definition) is 0. The lowest BCUT2D eigenvalue weighted by Gasteiger charge is -2.31. The first-order valence-electron chi connectivity index (χ1n) is 11.6. The summed E-state index contributed by atoms with van der Waals surface area (Å²) in [5.41, 5.74) is 4.35. The second-order valence-corrected chi connectivity index (χ2v) is 8.97. The minimum atomic E-state index is -0.408. The second kappa shape index (κ2) is 8.20. The lowest BCUT2D eigenvalue weighted by Crippen LogP contribution is -2.40. The smallest absolute Gasteiger partial charge is 0.238 e. The van der Waals surface area contributed by atoms with E-state index in [0.29, 0.717) is 49.5 Å². The highest BCUT2D eigenvalue weighted by Crippen LogP contribution is 2.38. The number of pyridine rings is 2. The van der Waals surface area contributed by atoms with Gasteiger partial charge in [-0.05, 0) is 48.2 Å². The van der Waals surface area contributed by atoms with Crippen LogP contribution in [0, 0.1) is 5.82 Å². The van der Waals surface area contributed by atoms with Crippen molar-refractivity contribution in [1.29, 1.82) is 0 Å². The van der Waals surface area contributed by atoms with Crippen molar-refractivity contribution in [3.63, 3.8) is 0 Å². The van der Waals surface area contributed by atoms with Crippen molar-refractivity contribution in [1.82, 2.24) is 9.97 Å². The SMILES string of the molecule is O=C1CCCN1c1ccc(-c2ccc(Cc3cnc4c(c3)N3C(=O)CC[C@H]3CO4)nc2)cc1F. The Morgan fingerprint density at radius 1 is 0.971 bits per heavy atom. The van der Waals surface area contributed by atoms with Crippen molar-refractivity contribution in [2.75, 3.05) is 23.0 Å².